The zero-order valence-electron chi connectivity index (χ0n) is 9.77. The molecule has 0 aliphatic carbocycles. The second-order valence-electron chi connectivity index (χ2n) is 3.95. The number of nitrogens with one attached hydrogen (secondary N) is 1. The van der Waals surface area contributed by atoms with E-state index in [1.54, 1.807) is 13.1 Å². The van der Waals surface area contributed by atoms with Crippen molar-refractivity contribution in [1.29, 1.82) is 0 Å². The molecule has 0 bridgehead atoms. The van der Waals surface area contributed by atoms with E-state index in [1.165, 1.54) is 0 Å². The predicted molar refractivity (Wildman–Crippen MR) is 69.7 cm³/mol. The van der Waals surface area contributed by atoms with Crippen molar-refractivity contribution < 1.29 is 14.7 Å². The second kappa shape index (κ2) is 5.64. The largest absolute Gasteiger partial charge is 0.478 e. The van der Waals surface area contributed by atoms with E-state index in [9.17, 15) is 9.59 Å². The summed E-state index contributed by atoms with van der Waals surface area (Å²) in [6, 6.07) is 1.87. The Morgan fingerprint density at radius 3 is 2.89 bits per heavy atom. The number of carboxylic acid groups (broad SMARTS) is 1. The van der Waals surface area contributed by atoms with Crippen LogP contribution in [0.15, 0.2) is 18.3 Å². The van der Waals surface area contributed by atoms with Crippen LogP contribution in [0.25, 0.3) is 5.57 Å². The van der Waals surface area contributed by atoms with Crippen LogP contribution in [0.3, 0.4) is 0 Å². The zero-order valence-corrected chi connectivity index (χ0v) is 10.6. The quantitative estimate of drug-likeness (QED) is 0.803. The maximum atomic E-state index is 11.1. The molecule has 96 valence electrons. The Labute approximate surface area is 110 Å². The highest BCUT2D eigenvalue weighted by Gasteiger charge is 2.16. The van der Waals surface area contributed by atoms with Gasteiger partial charge in [-0.25, -0.2) is 9.78 Å². The lowest BCUT2D eigenvalue weighted by molar-refractivity contribution is -0.131. The lowest BCUT2D eigenvalue weighted by atomic mass is 10.0. The molecule has 6 heteroatoms. The lowest BCUT2D eigenvalue weighted by Gasteiger charge is -2.16. The molecule has 0 saturated carbocycles. The van der Waals surface area contributed by atoms with Crippen LogP contribution in [0.5, 0.6) is 0 Å². The fraction of sp³-hybridized carbons (Fsp3) is 0.250. The molecule has 0 saturated heterocycles. The Bertz CT molecular complexity index is 526. The first kappa shape index (κ1) is 14.2. The van der Waals surface area contributed by atoms with E-state index in [0.717, 1.165) is 17.2 Å². The number of pyridine rings is 1. The molecule has 0 fully saturated rings. The number of carboxylic acids is 1. The number of aromatic nitrogens is 1. The van der Waals surface area contributed by atoms with E-state index in [0.29, 0.717) is 24.2 Å². The van der Waals surface area contributed by atoms with E-state index in [-0.39, 0.29) is 18.3 Å². The number of anilines is 1. The molecule has 1 aromatic rings. The number of rotatable bonds is 2. The molecule has 0 unspecified atom stereocenters. The van der Waals surface area contributed by atoms with E-state index in [1.807, 2.05) is 6.07 Å². The average molecular weight is 269 g/mol. The van der Waals surface area contributed by atoms with Gasteiger partial charge in [-0.05, 0) is 36.1 Å². The topological polar surface area (TPSA) is 79.3 Å². The van der Waals surface area contributed by atoms with Crippen LogP contribution in [0.2, 0.25) is 0 Å². The van der Waals surface area contributed by atoms with Gasteiger partial charge in [0.2, 0.25) is 5.91 Å². The minimum atomic E-state index is -0.978. The van der Waals surface area contributed by atoms with Gasteiger partial charge in [0.1, 0.15) is 5.82 Å². The summed E-state index contributed by atoms with van der Waals surface area (Å²) >= 11 is 0. The van der Waals surface area contributed by atoms with Crippen LogP contribution in [0, 0.1) is 0 Å². The summed E-state index contributed by atoms with van der Waals surface area (Å²) in [6.45, 7) is 1.72. The number of nitrogens with zero attached hydrogens (tertiary/aromatic N) is 1. The molecule has 0 atom stereocenters. The number of allylic oxidation sites excluding steroid dienone is 1. The van der Waals surface area contributed by atoms with Crippen molar-refractivity contribution in [3.05, 3.63) is 29.5 Å². The molecule has 2 N–H and O–H groups in total. The van der Waals surface area contributed by atoms with Crippen molar-refractivity contribution in [2.75, 3.05) is 5.32 Å². The highest BCUT2D eigenvalue weighted by Crippen LogP contribution is 2.23. The van der Waals surface area contributed by atoms with Crippen molar-refractivity contribution in [2.45, 2.75) is 19.8 Å². The number of carbonyl (C=O) groups is 2. The summed E-state index contributed by atoms with van der Waals surface area (Å²) in [7, 11) is 0. The third kappa shape index (κ3) is 3.07. The van der Waals surface area contributed by atoms with Crippen LogP contribution < -0.4 is 5.32 Å². The molecule has 2 rings (SSSR count). The normalized spacial score (nSPS) is 14.3. The first-order valence-electron chi connectivity index (χ1n) is 5.26. The lowest BCUT2D eigenvalue weighted by Crippen LogP contribution is -2.20. The van der Waals surface area contributed by atoms with E-state index < -0.39 is 5.97 Å². The van der Waals surface area contributed by atoms with Crippen LogP contribution >= 0.6 is 12.4 Å². The molecule has 1 amide bonds. The molecular formula is C12H13ClN2O3. The fourth-order valence-corrected chi connectivity index (χ4v) is 1.74. The third-order valence-electron chi connectivity index (χ3n) is 2.64. The first-order chi connectivity index (χ1) is 8.06. The highest BCUT2D eigenvalue weighted by molar-refractivity contribution is 5.93. The maximum Gasteiger partial charge on any atom is 0.328 e. The van der Waals surface area contributed by atoms with Gasteiger partial charge in [-0.1, -0.05) is 0 Å². The standard InChI is InChI=1S/C12H12N2O3.ClH/c1-7(4-11(16)17)9-5-8-2-3-10(15)14-12(8)13-6-9;/h4-6H,2-3H2,1H3,(H,16,17)(H,13,14,15);1H. The van der Waals surface area contributed by atoms with Gasteiger partial charge in [-0.3, -0.25) is 4.79 Å². The SMILES string of the molecule is CC(=CC(=O)O)c1cnc2c(c1)CCC(=O)N2.Cl. The molecule has 5 nitrogen and oxygen atoms in total. The Morgan fingerprint density at radius 2 is 2.22 bits per heavy atom. The Kier molecular flexibility index (Phi) is 4.44. The van der Waals surface area contributed by atoms with Crippen LogP contribution in [0.4, 0.5) is 5.82 Å². The van der Waals surface area contributed by atoms with Gasteiger partial charge in [0, 0.05) is 18.7 Å². The number of fused-ring (bicyclic) bond motifs is 1. The first-order valence-corrected chi connectivity index (χ1v) is 5.26. The average Bonchev–Trinajstić information content (AvgIpc) is 2.27. The zero-order chi connectivity index (χ0) is 12.4. The fourth-order valence-electron chi connectivity index (χ4n) is 1.74. The number of aryl methyl sites for hydroxylation is 1. The third-order valence-corrected chi connectivity index (χ3v) is 2.64. The summed E-state index contributed by atoms with van der Waals surface area (Å²) in [6.07, 6.45) is 3.80. The Hall–Kier alpha value is -1.88. The smallest absolute Gasteiger partial charge is 0.328 e. The summed E-state index contributed by atoms with van der Waals surface area (Å²) in [5.41, 5.74) is 2.35. The van der Waals surface area contributed by atoms with Crippen molar-refractivity contribution in [3.8, 4) is 0 Å². The summed E-state index contributed by atoms with van der Waals surface area (Å²) < 4.78 is 0. The van der Waals surface area contributed by atoms with Crippen LogP contribution in [-0.4, -0.2) is 22.0 Å². The van der Waals surface area contributed by atoms with Crippen molar-refractivity contribution in [1.82, 2.24) is 4.98 Å². The maximum absolute atomic E-state index is 11.1. The van der Waals surface area contributed by atoms with Crippen molar-refractivity contribution >= 4 is 35.7 Å². The summed E-state index contributed by atoms with van der Waals surface area (Å²) in [4.78, 5) is 25.8. The molecule has 2 heterocycles. The van der Waals surface area contributed by atoms with Gasteiger partial charge in [-0.15, -0.1) is 12.4 Å². The van der Waals surface area contributed by atoms with Gasteiger partial charge in [0.05, 0.1) is 0 Å². The molecule has 18 heavy (non-hydrogen) atoms. The molecule has 0 aromatic carbocycles. The monoisotopic (exact) mass is 268 g/mol. The molecule has 1 aromatic heterocycles. The molecule has 0 radical (unpaired) electrons. The predicted octanol–water partition coefficient (Wildman–Crippen LogP) is 1.88. The number of aliphatic carboxylic acids is 1. The number of carbonyl (C=O) groups excluding carboxylic acids is 1. The molecule has 1 aliphatic heterocycles. The number of hydrogen-bond donors (Lipinski definition) is 2. The van der Waals surface area contributed by atoms with Crippen molar-refractivity contribution in [3.63, 3.8) is 0 Å². The Balaban J connectivity index is 0.00000162. The summed E-state index contributed by atoms with van der Waals surface area (Å²) in [5.74, 6) is -0.433. The summed E-state index contributed by atoms with van der Waals surface area (Å²) in [5, 5.41) is 11.3. The molecule has 0 spiro atoms. The van der Waals surface area contributed by atoms with Gasteiger partial charge in [0.15, 0.2) is 0 Å². The number of halogens is 1. The minimum absolute atomic E-state index is 0. The van der Waals surface area contributed by atoms with E-state index in [2.05, 4.69) is 10.3 Å². The van der Waals surface area contributed by atoms with Gasteiger partial charge in [0.25, 0.3) is 0 Å². The number of amides is 1. The highest BCUT2D eigenvalue weighted by atomic mass is 35.5. The van der Waals surface area contributed by atoms with Gasteiger partial charge >= 0.3 is 5.97 Å². The van der Waals surface area contributed by atoms with Crippen LogP contribution in [-0.2, 0) is 16.0 Å². The Morgan fingerprint density at radius 1 is 1.50 bits per heavy atom. The second-order valence-corrected chi connectivity index (χ2v) is 3.95. The molecular weight excluding hydrogens is 256 g/mol. The van der Waals surface area contributed by atoms with E-state index >= 15 is 0 Å². The van der Waals surface area contributed by atoms with E-state index in [4.69, 9.17) is 5.11 Å². The van der Waals surface area contributed by atoms with Gasteiger partial charge < -0.3 is 10.4 Å². The minimum Gasteiger partial charge on any atom is -0.478 e. The van der Waals surface area contributed by atoms with Crippen molar-refractivity contribution in [2.24, 2.45) is 0 Å². The number of hydrogen-bond acceptors (Lipinski definition) is 3. The van der Waals surface area contributed by atoms with Crippen LogP contribution in [0.1, 0.15) is 24.5 Å². The van der Waals surface area contributed by atoms with Gasteiger partial charge in [-0.2, -0.15) is 0 Å². The molecule has 1 aliphatic rings.